The maximum atomic E-state index is 12.9. The third-order valence-electron chi connectivity index (χ3n) is 6.23. The van der Waals surface area contributed by atoms with E-state index in [-0.39, 0.29) is 17.7 Å². The van der Waals surface area contributed by atoms with E-state index in [2.05, 4.69) is 27.3 Å². The summed E-state index contributed by atoms with van der Waals surface area (Å²) in [6.45, 7) is 7.36. The van der Waals surface area contributed by atoms with Gasteiger partial charge in [-0.25, -0.2) is 0 Å². The number of hydrogen-bond donors (Lipinski definition) is 2. The van der Waals surface area contributed by atoms with Crippen molar-refractivity contribution in [2.24, 2.45) is 11.8 Å². The smallest absolute Gasteiger partial charge is 0.253 e. The molecule has 1 aromatic carbocycles. The van der Waals surface area contributed by atoms with Crippen LogP contribution in [0.15, 0.2) is 24.4 Å². The van der Waals surface area contributed by atoms with Crippen LogP contribution in [-0.4, -0.2) is 71.1 Å². The number of hydrogen-bond acceptors (Lipinski definition) is 4. The van der Waals surface area contributed by atoms with Crippen LogP contribution in [0.4, 0.5) is 0 Å². The zero-order valence-electron chi connectivity index (χ0n) is 17.2. The lowest BCUT2D eigenvalue weighted by atomic mass is 9.96. The minimum atomic E-state index is -0.120. The lowest BCUT2D eigenvalue weighted by Crippen LogP contribution is -2.47. The Kier molecular flexibility index (Phi) is 6.13. The Morgan fingerprint density at radius 2 is 2.07 bits per heavy atom. The van der Waals surface area contributed by atoms with E-state index in [1.54, 1.807) is 6.20 Å². The molecular formula is C22H31N5O2. The first-order valence-electron chi connectivity index (χ1n) is 10.8. The molecule has 4 rings (SSSR count). The summed E-state index contributed by atoms with van der Waals surface area (Å²) in [7, 11) is 0. The van der Waals surface area contributed by atoms with E-state index in [1.807, 2.05) is 23.1 Å². The molecule has 2 amide bonds. The maximum absolute atomic E-state index is 12.9. The second-order valence-electron chi connectivity index (χ2n) is 8.60. The summed E-state index contributed by atoms with van der Waals surface area (Å²) in [5.74, 6) is 0.704. The summed E-state index contributed by atoms with van der Waals surface area (Å²) in [5, 5.41) is 10.9. The number of carbonyl (C=O) groups excluding carboxylic acids is 2. The highest BCUT2D eigenvalue weighted by molar-refractivity contribution is 5.98. The van der Waals surface area contributed by atoms with Gasteiger partial charge in [-0.05, 0) is 56.3 Å². The lowest BCUT2D eigenvalue weighted by Gasteiger charge is -2.33. The standard InChI is InChI=1S/C22H31N5O2/c1-16-4-2-9-26(14-16)11-8-23-21(28)18-5-3-10-27(15-18)22(29)17-6-7-20-19(12-17)13-24-25-20/h6-7,12-13,16,18H,2-5,8-11,14-15H2,1H3,(H,23,28)(H,24,25). The number of likely N-dealkylation sites (tertiary alicyclic amines) is 2. The molecule has 2 N–H and O–H groups in total. The average molecular weight is 398 g/mol. The van der Waals surface area contributed by atoms with Crippen molar-refractivity contribution in [3.05, 3.63) is 30.0 Å². The summed E-state index contributed by atoms with van der Waals surface area (Å²) in [5.41, 5.74) is 1.57. The molecule has 2 fully saturated rings. The highest BCUT2D eigenvalue weighted by atomic mass is 16.2. The third kappa shape index (κ3) is 4.78. The fourth-order valence-electron chi connectivity index (χ4n) is 4.61. The fourth-order valence-corrected chi connectivity index (χ4v) is 4.61. The van der Waals surface area contributed by atoms with E-state index in [0.29, 0.717) is 25.2 Å². The summed E-state index contributed by atoms with van der Waals surface area (Å²) < 4.78 is 0. The predicted molar refractivity (Wildman–Crippen MR) is 113 cm³/mol. The number of benzene rings is 1. The molecule has 2 unspecified atom stereocenters. The minimum Gasteiger partial charge on any atom is -0.355 e. The molecule has 7 heteroatoms. The second kappa shape index (κ2) is 8.95. The molecule has 1 aromatic heterocycles. The summed E-state index contributed by atoms with van der Waals surface area (Å²) in [4.78, 5) is 29.9. The van der Waals surface area contributed by atoms with Crippen LogP contribution in [0.25, 0.3) is 10.9 Å². The Hall–Kier alpha value is -2.41. The molecule has 7 nitrogen and oxygen atoms in total. The Labute approximate surface area is 171 Å². The monoisotopic (exact) mass is 397 g/mol. The van der Waals surface area contributed by atoms with Crippen molar-refractivity contribution in [1.29, 1.82) is 0 Å². The third-order valence-corrected chi connectivity index (χ3v) is 6.23. The minimum absolute atomic E-state index is 0.00657. The van der Waals surface area contributed by atoms with Crippen LogP contribution < -0.4 is 5.32 Å². The van der Waals surface area contributed by atoms with Crippen molar-refractivity contribution in [3.63, 3.8) is 0 Å². The number of carbonyl (C=O) groups is 2. The molecule has 0 radical (unpaired) electrons. The van der Waals surface area contributed by atoms with Crippen molar-refractivity contribution in [3.8, 4) is 0 Å². The predicted octanol–water partition coefficient (Wildman–Crippen LogP) is 2.26. The summed E-state index contributed by atoms with van der Waals surface area (Å²) in [6, 6.07) is 5.57. The van der Waals surface area contributed by atoms with E-state index < -0.39 is 0 Å². The van der Waals surface area contributed by atoms with Gasteiger partial charge in [-0.15, -0.1) is 0 Å². The Morgan fingerprint density at radius 1 is 1.21 bits per heavy atom. The van der Waals surface area contributed by atoms with Crippen molar-refractivity contribution >= 4 is 22.7 Å². The Bertz CT molecular complexity index is 864. The molecule has 2 aromatic rings. The second-order valence-corrected chi connectivity index (χ2v) is 8.60. The highest BCUT2D eigenvalue weighted by Gasteiger charge is 2.29. The largest absolute Gasteiger partial charge is 0.355 e. The molecule has 3 heterocycles. The van der Waals surface area contributed by atoms with Gasteiger partial charge >= 0.3 is 0 Å². The van der Waals surface area contributed by atoms with Crippen LogP contribution in [0, 0.1) is 11.8 Å². The van der Waals surface area contributed by atoms with Crippen LogP contribution in [0.2, 0.25) is 0 Å². The number of aromatic amines is 1. The van der Waals surface area contributed by atoms with Gasteiger partial charge in [0.05, 0.1) is 17.6 Å². The fraction of sp³-hybridized carbons (Fsp3) is 0.591. The lowest BCUT2D eigenvalue weighted by molar-refractivity contribution is -0.126. The van der Waals surface area contributed by atoms with Gasteiger partial charge in [0.2, 0.25) is 5.91 Å². The molecular weight excluding hydrogens is 366 g/mol. The summed E-state index contributed by atoms with van der Waals surface area (Å²) >= 11 is 0. The number of amides is 2. The molecule has 2 aliphatic rings. The van der Waals surface area contributed by atoms with Crippen molar-refractivity contribution in [2.75, 3.05) is 39.3 Å². The van der Waals surface area contributed by atoms with E-state index in [4.69, 9.17) is 0 Å². The topological polar surface area (TPSA) is 81.3 Å². The molecule has 156 valence electrons. The molecule has 0 aliphatic carbocycles. The number of piperidine rings is 2. The van der Waals surface area contributed by atoms with E-state index in [9.17, 15) is 9.59 Å². The number of fused-ring (bicyclic) bond motifs is 1. The van der Waals surface area contributed by atoms with Gasteiger partial charge in [0.1, 0.15) is 0 Å². The molecule has 2 aliphatic heterocycles. The number of H-pyrrole nitrogens is 1. The quantitative estimate of drug-likeness (QED) is 0.811. The zero-order valence-corrected chi connectivity index (χ0v) is 17.2. The average Bonchev–Trinajstić information content (AvgIpc) is 3.21. The first-order chi connectivity index (χ1) is 14.1. The number of aromatic nitrogens is 2. The first kappa shape index (κ1) is 19.9. The van der Waals surface area contributed by atoms with Gasteiger partial charge in [-0.2, -0.15) is 5.10 Å². The SMILES string of the molecule is CC1CCCN(CCNC(=O)C2CCCN(C(=O)c3ccc4[nH]ncc4c3)C2)C1. The van der Waals surface area contributed by atoms with Gasteiger partial charge in [-0.1, -0.05) is 6.92 Å². The number of nitrogens with one attached hydrogen (secondary N) is 2. The van der Waals surface area contributed by atoms with E-state index in [1.165, 1.54) is 12.8 Å². The van der Waals surface area contributed by atoms with E-state index >= 15 is 0 Å². The molecule has 2 saturated heterocycles. The maximum Gasteiger partial charge on any atom is 0.253 e. The first-order valence-corrected chi connectivity index (χ1v) is 10.8. The van der Waals surface area contributed by atoms with Gasteiger partial charge < -0.3 is 15.1 Å². The molecule has 2 atom stereocenters. The summed E-state index contributed by atoms with van der Waals surface area (Å²) in [6.07, 6.45) is 5.99. The van der Waals surface area contributed by atoms with Crippen LogP contribution in [0.1, 0.15) is 43.0 Å². The van der Waals surface area contributed by atoms with Crippen LogP contribution in [0.3, 0.4) is 0 Å². The molecule has 0 saturated carbocycles. The molecule has 0 spiro atoms. The van der Waals surface area contributed by atoms with Crippen LogP contribution in [0.5, 0.6) is 0 Å². The van der Waals surface area contributed by atoms with E-state index in [0.717, 1.165) is 49.3 Å². The van der Waals surface area contributed by atoms with Crippen molar-refractivity contribution in [2.45, 2.75) is 32.6 Å². The Balaban J connectivity index is 1.29. The highest BCUT2D eigenvalue weighted by Crippen LogP contribution is 2.21. The van der Waals surface area contributed by atoms with Gasteiger partial charge in [-0.3, -0.25) is 14.7 Å². The van der Waals surface area contributed by atoms with Crippen molar-refractivity contribution < 1.29 is 9.59 Å². The van der Waals surface area contributed by atoms with Crippen LogP contribution in [-0.2, 0) is 4.79 Å². The van der Waals surface area contributed by atoms with Gasteiger partial charge in [0.25, 0.3) is 5.91 Å². The van der Waals surface area contributed by atoms with Gasteiger partial charge in [0, 0.05) is 43.7 Å². The molecule has 0 bridgehead atoms. The van der Waals surface area contributed by atoms with Crippen molar-refractivity contribution in [1.82, 2.24) is 25.3 Å². The normalized spacial score (nSPS) is 23.3. The van der Waals surface area contributed by atoms with Crippen LogP contribution >= 0.6 is 0 Å². The molecule has 29 heavy (non-hydrogen) atoms. The zero-order chi connectivity index (χ0) is 20.2. The van der Waals surface area contributed by atoms with Gasteiger partial charge in [0.15, 0.2) is 0 Å². The number of rotatable bonds is 5. The Morgan fingerprint density at radius 3 is 2.93 bits per heavy atom. The number of nitrogens with zero attached hydrogens (tertiary/aromatic N) is 3.